The number of aromatic amines is 1. The van der Waals surface area contributed by atoms with Gasteiger partial charge in [0.1, 0.15) is 16.8 Å². The van der Waals surface area contributed by atoms with Crippen molar-refractivity contribution < 1.29 is 80.1 Å². The number of amides is 3. The molecule has 0 aliphatic carbocycles. The van der Waals surface area contributed by atoms with E-state index >= 15 is 0 Å². The van der Waals surface area contributed by atoms with Crippen LogP contribution in [0.25, 0.3) is 32.7 Å². The number of piperidine rings is 3. The molecule has 0 saturated carbocycles. The number of aromatic nitrogens is 6. The third kappa shape index (κ3) is 21.1. The molecule has 3 aliphatic heterocycles. The van der Waals surface area contributed by atoms with Gasteiger partial charge in [-0.3, -0.25) is 49.2 Å². The fraction of sp³-hybridized carbons (Fsp3) is 0.571. The van der Waals surface area contributed by atoms with Crippen LogP contribution in [-0.2, 0) is 27.3 Å². The normalized spacial score (nSPS) is 15.4. The molecule has 3 aromatic heterocycles. The van der Waals surface area contributed by atoms with Crippen LogP contribution in [0.2, 0.25) is 0 Å². The maximum absolute atomic E-state index is 12.1. The number of non-ortho nitro benzene ring substituents is 3. The number of benzene rings is 3. The van der Waals surface area contributed by atoms with Gasteiger partial charge in [0.05, 0.1) is 52.2 Å². The zero-order chi connectivity index (χ0) is 60.5. The number of ether oxygens (including phenoxy) is 3. The van der Waals surface area contributed by atoms with Crippen LogP contribution in [0.5, 0.6) is 0 Å². The first-order valence-corrected chi connectivity index (χ1v) is 27.1. The molecule has 444 valence electrons. The summed E-state index contributed by atoms with van der Waals surface area (Å²) < 4.78 is 35.4. The minimum absolute atomic E-state index is 0. The second kappa shape index (κ2) is 30.4. The SMILES string of the molecule is CC(C)(C)OC(=O)N1CCC(Cn2cc3cc([N+](=O)[O-])ccc3n2)CC1.CC(C)(C)OC(=O)N1CCC(Cn2ncc3cc([N+](=O)[O-])ccc32)CC1.CCC1CCN(C(=O)OC(C)(C)C)CC1.O=[N+]([O-])c1ccc2[nH]ncc2c1.[2H]CF.[H-].[Na+]. The molecule has 0 spiro atoms. The number of carbonyl (C=O) groups excluding carboxylic acids is 3. The van der Waals surface area contributed by atoms with Crippen molar-refractivity contribution >= 4 is 68.1 Å². The van der Waals surface area contributed by atoms with Crippen LogP contribution in [0.1, 0.15) is 117 Å². The van der Waals surface area contributed by atoms with E-state index in [0.717, 1.165) is 103 Å². The van der Waals surface area contributed by atoms with E-state index < -0.39 is 33.1 Å². The van der Waals surface area contributed by atoms with E-state index in [9.17, 15) is 49.1 Å². The number of hydrogen-bond acceptors (Lipinski definition) is 15. The van der Waals surface area contributed by atoms with Gasteiger partial charge in [0.2, 0.25) is 0 Å². The van der Waals surface area contributed by atoms with Crippen molar-refractivity contribution in [3.8, 4) is 0 Å². The molecule has 3 fully saturated rings. The minimum Gasteiger partial charge on any atom is -1.00 e. The molecule has 9 rings (SSSR count). The fourth-order valence-corrected chi connectivity index (χ4v) is 9.26. The molecule has 3 aliphatic rings. The van der Waals surface area contributed by atoms with E-state index in [4.69, 9.17) is 15.6 Å². The Hall–Kier alpha value is -6.99. The van der Waals surface area contributed by atoms with Gasteiger partial charge in [0.15, 0.2) is 0 Å². The first-order chi connectivity index (χ1) is 38.5. The number of nitrogens with zero attached hydrogens (tertiary/aromatic N) is 11. The van der Waals surface area contributed by atoms with Crippen molar-refractivity contribution in [3.63, 3.8) is 0 Å². The Morgan fingerprint density at radius 3 is 1.48 bits per heavy atom. The largest absolute Gasteiger partial charge is 1.00 e. The second-order valence-electron chi connectivity index (χ2n) is 23.2. The Labute approximate surface area is 502 Å². The topological polar surface area (TPSA) is 282 Å². The quantitative estimate of drug-likeness (QED) is 0.0643. The third-order valence-electron chi connectivity index (χ3n) is 13.5. The van der Waals surface area contributed by atoms with Gasteiger partial charge in [-0.15, -0.1) is 0 Å². The van der Waals surface area contributed by atoms with E-state index in [1.165, 1.54) is 30.7 Å². The van der Waals surface area contributed by atoms with Crippen LogP contribution in [0.4, 0.5) is 35.8 Å². The van der Waals surface area contributed by atoms with E-state index in [-0.39, 0.29) is 71.9 Å². The molecule has 82 heavy (non-hydrogen) atoms. The first-order valence-electron chi connectivity index (χ1n) is 27.8. The molecule has 1 N–H and O–H groups in total. The number of carbonyl (C=O) groups is 3. The predicted octanol–water partition coefficient (Wildman–Crippen LogP) is 9.40. The summed E-state index contributed by atoms with van der Waals surface area (Å²) >= 11 is 0. The number of hydrogen-bond donors (Lipinski definition) is 1. The number of H-pyrrole nitrogens is 1. The summed E-state index contributed by atoms with van der Waals surface area (Å²) in [4.78, 5) is 72.2. The number of likely N-dealkylation sites (tertiary alicyclic amines) is 3. The van der Waals surface area contributed by atoms with Gasteiger partial charge in [-0.05, 0) is 137 Å². The maximum Gasteiger partial charge on any atom is 1.00 e. The number of fused-ring (bicyclic) bond motifs is 3. The van der Waals surface area contributed by atoms with Crippen LogP contribution in [-0.4, -0.2) is 141 Å². The molecule has 0 atom stereocenters. The van der Waals surface area contributed by atoms with Crippen LogP contribution >= 0.6 is 0 Å². The second-order valence-corrected chi connectivity index (χ2v) is 23.2. The fourth-order valence-electron chi connectivity index (χ4n) is 9.26. The Morgan fingerprint density at radius 1 is 0.634 bits per heavy atom. The van der Waals surface area contributed by atoms with Crippen molar-refractivity contribution in [2.24, 2.45) is 17.8 Å². The van der Waals surface area contributed by atoms with Crippen molar-refractivity contribution in [1.82, 2.24) is 44.5 Å². The van der Waals surface area contributed by atoms with Crippen molar-refractivity contribution in [1.29, 1.82) is 0 Å². The summed E-state index contributed by atoms with van der Waals surface area (Å²) in [5.41, 5.74) is 1.34. The van der Waals surface area contributed by atoms with Crippen LogP contribution in [0.3, 0.4) is 0 Å². The summed E-state index contributed by atoms with van der Waals surface area (Å²) in [6.07, 6.45) is 11.4. The average molecular weight is 1160 g/mol. The number of nitrogens with one attached hydrogen (secondary N) is 1. The summed E-state index contributed by atoms with van der Waals surface area (Å²) in [5, 5.41) is 49.7. The van der Waals surface area contributed by atoms with Crippen molar-refractivity contribution in [3.05, 3.63) is 104 Å². The number of nitro benzene ring substituents is 3. The minimum atomic E-state index is -1.00. The molecule has 0 bridgehead atoms. The predicted molar refractivity (Wildman–Crippen MR) is 306 cm³/mol. The molecule has 0 radical (unpaired) electrons. The molecule has 3 aromatic carbocycles. The van der Waals surface area contributed by atoms with E-state index in [1.54, 1.807) is 52.5 Å². The number of halogens is 1. The molecule has 26 heteroatoms. The van der Waals surface area contributed by atoms with Crippen LogP contribution in [0, 0.1) is 48.1 Å². The number of alkyl halides is 1. The standard InChI is InChI=1S/2C18H24N4O4.C12H23NO2.C7H5N3O2.CH3F.Na.H/c1-18(2,3)26-17(23)20-8-6-13(7-9-20)12-21-16-5-4-15(22(24)25)10-14(16)11-19-21;1-18(2,3)26-17(23)20-8-6-13(7-9-20)11-21-12-14-10-15(22(24)25)4-5-16(14)19-21;1-5-10-6-8-13(9-7-10)11(14)15-12(2,3)4;11-10(12)6-1-2-7-5(3-6)4-8-9-7;1-2;;/h4-5,10-11,13H,6-9,12H2,1-3H3;4-5,10,12-13H,6-9,11H2,1-3H3;10H,5-9H2,1-4H3;1-4H,(H,8,9);1H3;;/q;;;;;+1;-1/i;;;;1D;;. The van der Waals surface area contributed by atoms with Gasteiger partial charge < -0.3 is 30.3 Å². The van der Waals surface area contributed by atoms with E-state index in [0.29, 0.717) is 38.0 Å². The smallest absolute Gasteiger partial charge is 1.00 e. The third-order valence-corrected chi connectivity index (χ3v) is 13.5. The Kier molecular flexibility index (Phi) is 24.4. The number of nitro groups is 3. The summed E-state index contributed by atoms with van der Waals surface area (Å²) in [7, 11) is -1.00. The monoisotopic (exact) mass is 1160 g/mol. The maximum atomic E-state index is 12.1. The Balaban J connectivity index is 0.000000298. The summed E-state index contributed by atoms with van der Waals surface area (Å²) in [5.74, 6) is 1.62. The van der Waals surface area contributed by atoms with Gasteiger partial charge in [0, 0.05) is 111 Å². The molecule has 24 nitrogen and oxygen atoms in total. The van der Waals surface area contributed by atoms with E-state index in [2.05, 4.69) is 27.3 Å². The first kappa shape index (κ1) is 65.8. The van der Waals surface area contributed by atoms with Gasteiger partial charge in [-0.1, -0.05) is 13.3 Å². The molecule has 6 heterocycles. The zero-order valence-electron chi connectivity index (χ0n) is 51.2. The average Bonchev–Trinajstić information content (AvgIpc) is 4.24. The molecular weight excluding hydrogens is 1070 g/mol. The zero-order valence-corrected chi connectivity index (χ0v) is 51.2. The molecule has 6 aromatic rings. The molecule has 3 amide bonds. The summed E-state index contributed by atoms with van der Waals surface area (Å²) in [6, 6.07) is 14.1. The molecular formula is C56H80FN12NaO12. The van der Waals surface area contributed by atoms with Gasteiger partial charge in [-0.2, -0.15) is 15.3 Å². The van der Waals surface area contributed by atoms with Gasteiger partial charge in [0.25, 0.3) is 17.1 Å². The molecule has 3 saturated heterocycles. The Bertz CT molecular complexity index is 3080. The van der Waals surface area contributed by atoms with Gasteiger partial charge >= 0.3 is 47.8 Å². The number of rotatable bonds is 8. The van der Waals surface area contributed by atoms with Crippen LogP contribution in [0.15, 0.2) is 73.2 Å². The Morgan fingerprint density at radius 2 is 1.04 bits per heavy atom. The van der Waals surface area contributed by atoms with Crippen molar-refractivity contribution in [2.75, 3.05) is 46.4 Å². The molecule has 0 unspecified atom stereocenters. The van der Waals surface area contributed by atoms with E-state index in [1.807, 2.05) is 82.8 Å². The van der Waals surface area contributed by atoms with Crippen molar-refractivity contribution in [2.45, 2.75) is 144 Å². The van der Waals surface area contributed by atoms with Gasteiger partial charge in [-0.25, -0.2) is 14.4 Å². The summed E-state index contributed by atoms with van der Waals surface area (Å²) in [6.45, 7) is 25.0. The van der Waals surface area contributed by atoms with Crippen LogP contribution < -0.4 is 29.6 Å².